The molecule has 0 bridgehead atoms. The number of anilines is 3. The summed E-state index contributed by atoms with van der Waals surface area (Å²) in [7, 11) is 0. The van der Waals surface area contributed by atoms with E-state index in [2.05, 4.69) is 15.5 Å². The Bertz CT molecular complexity index is 1160. The van der Waals surface area contributed by atoms with Gasteiger partial charge >= 0.3 is 18.2 Å². The van der Waals surface area contributed by atoms with Gasteiger partial charge in [0.25, 0.3) is 0 Å². The third-order valence-electron chi connectivity index (χ3n) is 7.80. The lowest BCUT2D eigenvalue weighted by atomic mass is 9.92. The molecule has 6 nitrogen and oxygen atoms in total. The van der Waals surface area contributed by atoms with Gasteiger partial charge in [0.1, 0.15) is 0 Å². The number of amides is 2. The molecule has 2 fully saturated rings. The SMILES string of the molecule is CCOC(=O)C1CC1c1ccc(N(CC(C)CC(F)(F)F)C2CCCCC2)c(NC(=O)Nc2ccc(C)cc2)c1. The first-order valence-electron chi connectivity index (χ1n) is 14.3. The maximum atomic E-state index is 13.3. The van der Waals surface area contributed by atoms with Crippen molar-refractivity contribution in [3.8, 4) is 0 Å². The number of hydrogen-bond acceptors (Lipinski definition) is 4. The van der Waals surface area contributed by atoms with Crippen molar-refractivity contribution in [2.24, 2.45) is 11.8 Å². The highest BCUT2D eigenvalue weighted by Crippen LogP contribution is 2.50. The number of hydrogen-bond donors (Lipinski definition) is 2. The highest BCUT2D eigenvalue weighted by molar-refractivity contribution is 6.02. The summed E-state index contributed by atoms with van der Waals surface area (Å²) in [5.41, 5.74) is 3.84. The van der Waals surface area contributed by atoms with Crippen LogP contribution in [0.3, 0.4) is 0 Å². The minimum atomic E-state index is -4.25. The quantitative estimate of drug-likeness (QED) is 0.289. The summed E-state index contributed by atoms with van der Waals surface area (Å²) in [4.78, 5) is 27.5. The number of rotatable bonds is 10. The predicted octanol–water partition coefficient (Wildman–Crippen LogP) is 8.03. The monoisotopic (exact) mass is 559 g/mol. The molecule has 9 heteroatoms. The van der Waals surface area contributed by atoms with Gasteiger partial charge in [0.2, 0.25) is 0 Å². The predicted molar refractivity (Wildman–Crippen MR) is 152 cm³/mol. The highest BCUT2D eigenvalue weighted by Gasteiger charge is 2.45. The van der Waals surface area contributed by atoms with Gasteiger partial charge in [0, 0.05) is 24.7 Å². The van der Waals surface area contributed by atoms with Crippen LogP contribution < -0.4 is 15.5 Å². The Balaban J connectivity index is 1.64. The fourth-order valence-corrected chi connectivity index (χ4v) is 5.76. The Labute approximate surface area is 234 Å². The lowest BCUT2D eigenvalue weighted by molar-refractivity contribution is -0.145. The van der Waals surface area contributed by atoms with Gasteiger partial charge in [-0.3, -0.25) is 4.79 Å². The fourth-order valence-electron chi connectivity index (χ4n) is 5.76. The van der Waals surface area contributed by atoms with Crippen LogP contribution in [0.4, 0.5) is 35.0 Å². The molecular formula is C31H40F3N3O3. The average molecular weight is 560 g/mol. The second-order valence-electron chi connectivity index (χ2n) is 11.3. The lowest BCUT2D eigenvalue weighted by Crippen LogP contribution is -2.41. The van der Waals surface area contributed by atoms with E-state index in [-0.39, 0.29) is 30.4 Å². The zero-order chi connectivity index (χ0) is 28.9. The van der Waals surface area contributed by atoms with Crippen LogP contribution in [0, 0.1) is 18.8 Å². The van der Waals surface area contributed by atoms with E-state index in [1.54, 1.807) is 13.8 Å². The molecule has 0 saturated heterocycles. The second-order valence-corrected chi connectivity index (χ2v) is 11.3. The van der Waals surface area contributed by atoms with Crippen LogP contribution in [0.25, 0.3) is 0 Å². The minimum Gasteiger partial charge on any atom is -0.466 e. The van der Waals surface area contributed by atoms with E-state index < -0.39 is 24.5 Å². The van der Waals surface area contributed by atoms with E-state index in [4.69, 9.17) is 4.74 Å². The first kappa shape index (κ1) is 29.7. The van der Waals surface area contributed by atoms with Crippen LogP contribution in [0.1, 0.15) is 75.8 Å². The van der Waals surface area contributed by atoms with Crippen LogP contribution in [0.15, 0.2) is 42.5 Å². The van der Waals surface area contributed by atoms with Crippen molar-refractivity contribution in [1.82, 2.24) is 0 Å². The smallest absolute Gasteiger partial charge is 0.389 e. The van der Waals surface area contributed by atoms with Crippen LogP contribution in [-0.4, -0.2) is 37.4 Å². The highest BCUT2D eigenvalue weighted by atomic mass is 19.4. The number of urea groups is 1. The van der Waals surface area contributed by atoms with Gasteiger partial charge in [-0.1, -0.05) is 49.9 Å². The number of ether oxygens (including phenoxy) is 1. The van der Waals surface area contributed by atoms with Crippen molar-refractivity contribution in [3.63, 3.8) is 0 Å². The molecule has 218 valence electrons. The largest absolute Gasteiger partial charge is 0.466 e. The van der Waals surface area contributed by atoms with Crippen LogP contribution >= 0.6 is 0 Å². The van der Waals surface area contributed by atoms with E-state index in [9.17, 15) is 22.8 Å². The first-order valence-corrected chi connectivity index (χ1v) is 14.3. The molecule has 0 aromatic heterocycles. The number of aryl methyl sites for hydroxylation is 1. The zero-order valence-corrected chi connectivity index (χ0v) is 23.5. The van der Waals surface area contributed by atoms with Gasteiger partial charge in [-0.05, 0) is 74.8 Å². The molecule has 2 aromatic carbocycles. The molecule has 2 aliphatic carbocycles. The number of carbonyl (C=O) groups excluding carboxylic acids is 2. The van der Waals surface area contributed by atoms with Crippen LogP contribution in [-0.2, 0) is 9.53 Å². The molecule has 4 rings (SSSR count). The molecule has 2 amide bonds. The number of halogens is 3. The molecule has 0 aliphatic heterocycles. The molecule has 0 spiro atoms. The summed E-state index contributed by atoms with van der Waals surface area (Å²) < 4.78 is 45.0. The van der Waals surface area contributed by atoms with Crippen LogP contribution in [0.2, 0.25) is 0 Å². The van der Waals surface area contributed by atoms with E-state index >= 15 is 0 Å². The molecule has 3 unspecified atom stereocenters. The van der Waals surface area contributed by atoms with Crippen molar-refractivity contribution < 1.29 is 27.5 Å². The number of nitrogens with zero attached hydrogens (tertiary/aromatic N) is 1. The number of benzene rings is 2. The Morgan fingerprint density at radius 1 is 1.05 bits per heavy atom. The molecule has 0 radical (unpaired) electrons. The maximum absolute atomic E-state index is 13.3. The van der Waals surface area contributed by atoms with Gasteiger partial charge in [-0.15, -0.1) is 0 Å². The van der Waals surface area contributed by atoms with Crippen molar-refractivity contribution in [2.45, 2.75) is 83.9 Å². The molecule has 2 aliphatic rings. The van der Waals surface area contributed by atoms with Crippen molar-refractivity contribution in [1.29, 1.82) is 0 Å². The number of esters is 1. The van der Waals surface area contributed by atoms with Crippen molar-refractivity contribution in [3.05, 3.63) is 53.6 Å². The van der Waals surface area contributed by atoms with Gasteiger partial charge in [-0.2, -0.15) is 13.2 Å². The summed E-state index contributed by atoms with van der Waals surface area (Å²) >= 11 is 0. The van der Waals surface area contributed by atoms with Gasteiger partial charge < -0.3 is 20.3 Å². The molecule has 2 aromatic rings. The van der Waals surface area contributed by atoms with Crippen LogP contribution in [0.5, 0.6) is 0 Å². The third-order valence-corrected chi connectivity index (χ3v) is 7.80. The Kier molecular flexibility index (Phi) is 9.64. The molecule has 3 atom stereocenters. The summed E-state index contributed by atoms with van der Waals surface area (Å²) in [6, 6.07) is 12.8. The molecule has 40 heavy (non-hydrogen) atoms. The molecule has 2 saturated carbocycles. The molecule has 2 N–H and O–H groups in total. The van der Waals surface area contributed by atoms with Crippen molar-refractivity contribution in [2.75, 3.05) is 28.7 Å². The zero-order valence-electron chi connectivity index (χ0n) is 23.5. The standard InChI is InChI=1S/C31H40F3N3O3/c1-4-40-29(38)26-17-25(26)22-12-15-28(27(16-22)36-30(39)35-23-13-10-20(2)11-14-23)37(24-8-6-5-7-9-24)19-21(3)18-31(32,33)34/h10-16,21,24-26H,4-9,17-19H2,1-3H3,(H2,35,36,39). The normalized spacial score (nSPS) is 19.9. The summed E-state index contributed by atoms with van der Waals surface area (Å²) in [6.45, 7) is 5.91. The maximum Gasteiger partial charge on any atom is 0.389 e. The summed E-state index contributed by atoms with van der Waals surface area (Å²) in [6.07, 6.45) is 0.495. The Hall–Kier alpha value is -3.23. The Morgan fingerprint density at radius 3 is 2.40 bits per heavy atom. The summed E-state index contributed by atoms with van der Waals surface area (Å²) in [5, 5.41) is 5.83. The number of nitrogens with one attached hydrogen (secondary N) is 2. The first-order chi connectivity index (χ1) is 19.0. The third kappa shape index (κ3) is 8.15. The fraction of sp³-hybridized carbons (Fsp3) is 0.548. The van der Waals surface area contributed by atoms with E-state index in [1.165, 1.54) is 0 Å². The van der Waals surface area contributed by atoms with E-state index in [0.717, 1.165) is 43.2 Å². The number of alkyl halides is 3. The Morgan fingerprint density at radius 2 is 1.75 bits per heavy atom. The minimum absolute atomic E-state index is 0.0129. The second kappa shape index (κ2) is 13.0. The summed E-state index contributed by atoms with van der Waals surface area (Å²) in [5.74, 6) is -1.08. The van der Waals surface area contributed by atoms with E-state index in [1.807, 2.05) is 49.4 Å². The number of carbonyl (C=O) groups is 2. The molecule has 0 heterocycles. The van der Waals surface area contributed by atoms with Gasteiger partial charge in [0.15, 0.2) is 0 Å². The van der Waals surface area contributed by atoms with E-state index in [0.29, 0.717) is 30.1 Å². The molecular weight excluding hydrogens is 519 g/mol. The van der Waals surface area contributed by atoms with Gasteiger partial charge in [-0.25, -0.2) is 4.79 Å². The lowest BCUT2D eigenvalue weighted by Gasteiger charge is -2.39. The van der Waals surface area contributed by atoms with Crippen molar-refractivity contribution >= 4 is 29.1 Å². The van der Waals surface area contributed by atoms with Gasteiger partial charge in [0.05, 0.1) is 23.9 Å². The average Bonchev–Trinajstić information content (AvgIpc) is 3.70. The topological polar surface area (TPSA) is 70.7 Å².